The highest BCUT2D eigenvalue weighted by Gasteiger charge is 2.37. The predicted molar refractivity (Wildman–Crippen MR) is 64.0 cm³/mol. The molecule has 0 radical (unpaired) electrons. The first kappa shape index (κ1) is 11.6. The molecule has 2 N–H and O–H groups in total. The maximum atomic E-state index is 10.7. The van der Waals surface area contributed by atoms with Gasteiger partial charge in [-0.15, -0.1) is 0 Å². The van der Waals surface area contributed by atoms with E-state index in [9.17, 15) is 10.2 Å². The van der Waals surface area contributed by atoms with Crippen LogP contribution >= 0.6 is 0 Å². The van der Waals surface area contributed by atoms with Crippen LogP contribution in [0.4, 0.5) is 0 Å². The zero-order chi connectivity index (χ0) is 11.4. The van der Waals surface area contributed by atoms with E-state index in [0.29, 0.717) is 12.8 Å². The molecular formula is C14H20O2. The van der Waals surface area contributed by atoms with E-state index in [1.54, 1.807) is 0 Å². The highest BCUT2D eigenvalue weighted by Crippen LogP contribution is 2.35. The molecule has 0 heterocycles. The van der Waals surface area contributed by atoms with E-state index in [2.05, 4.69) is 0 Å². The highest BCUT2D eigenvalue weighted by molar-refractivity contribution is 5.23. The Hall–Kier alpha value is -0.860. The van der Waals surface area contributed by atoms with Crippen LogP contribution < -0.4 is 0 Å². The van der Waals surface area contributed by atoms with Crippen LogP contribution in [0.5, 0.6) is 0 Å². The van der Waals surface area contributed by atoms with Gasteiger partial charge in [-0.1, -0.05) is 56.0 Å². The SMILES string of the molecule is O[C@@H]1CCCCCC[C@@]1(O)c1ccccc1. The van der Waals surface area contributed by atoms with Crippen LogP contribution in [-0.4, -0.2) is 16.3 Å². The van der Waals surface area contributed by atoms with Crippen molar-refractivity contribution >= 4 is 0 Å². The third-order valence-electron chi connectivity index (χ3n) is 3.61. The summed E-state index contributed by atoms with van der Waals surface area (Å²) in [5.41, 5.74) is -0.189. The minimum atomic E-state index is -1.04. The lowest BCUT2D eigenvalue weighted by atomic mass is 9.79. The van der Waals surface area contributed by atoms with Crippen LogP contribution in [0, 0.1) is 0 Å². The van der Waals surface area contributed by atoms with Gasteiger partial charge in [0.25, 0.3) is 0 Å². The average Bonchev–Trinajstić information content (AvgIpc) is 2.32. The van der Waals surface area contributed by atoms with Crippen molar-refractivity contribution < 1.29 is 10.2 Å². The molecule has 0 bridgehead atoms. The van der Waals surface area contributed by atoms with Crippen molar-refractivity contribution in [3.05, 3.63) is 35.9 Å². The number of aliphatic hydroxyl groups excluding tert-OH is 1. The molecule has 1 fully saturated rings. The molecule has 0 aromatic heterocycles. The fraction of sp³-hybridized carbons (Fsp3) is 0.571. The summed E-state index contributed by atoms with van der Waals surface area (Å²) in [5, 5.41) is 20.8. The second-order valence-electron chi connectivity index (χ2n) is 4.76. The van der Waals surface area contributed by atoms with Gasteiger partial charge in [-0.25, -0.2) is 0 Å². The Morgan fingerprint density at radius 1 is 1.00 bits per heavy atom. The van der Waals surface area contributed by atoms with Gasteiger partial charge >= 0.3 is 0 Å². The second kappa shape index (κ2) is 4.98. The van der Waals surface area contributed by atoms with E-state index in [1.165, 1.54) is 6.42 Å². The monoisotopic (exact) mass is 220 g/mol. The van der Waals surface area contributed by atoms with Gasteiger partial charge in [0.2, 0.25) is 0 Å². The summed E-state index contributed by atoms with van der Waals surface area (Å²) in [6, 6.07) is 9.58. The van der Waals surface area contributed by atoms with E-state index < -0.39 is 11.7 Å². The molecule has 88 valence electrons. The molecule has 1 saturated carbocycles. The Bertz CT molecular complexity index is 323. The number of hydrogen-bond donors (Lipinski definition) is 2. The van der Waals surface area contributed by atoms with Gasteiger partial charge in [0.05, 0.1) is 6.10 Å². The molecule has 0 saturated heterocycles. The topological polar surface area (TPSA) is 40.5 Å². The van der Waals surface area contributed by atoms with Crippen molar-refractivity contribution in [1.29, 1.82) is 0 Å². The van der Waals surface area contributed by atoms with Crippen molar-refractivity contribution in [2.24, 2.45) is 0 Å². The van der Waals surface area contributed by atoms with Crippen LogP contribution in [0.3, 0.4) is 0 Å². The van der Waals surface area contributed by atoms with Crippen molar-refractivity contribution in [1.82, 2.24) is 0 Å². The molecule has 0 aliphatic heterocycles. The molecule has 1 aromatic rings. The molecule has 1 aromatic carbocycles. The fourth-order valence-corrected chi connectivity index (χ4v) is 2.55. The Labute approximate surface area is 96.9 Å². The van der Waals surface area contributed by atoms with Crippen LogP contribution in [-0.2, 0) is 5.60 Å². The standard InChI is InChI=1S/C14H20O2/c15-13-10-6-1-2-7-11-14(13,16)12-8-4-3-5-9-12/h3-5,8-9,13,15-16H,1-2,6-7,10-11H2/t13-,14-/m1/s1. The van der Waals surface area contributed by atoms with E-state index in [-0.39, 0.29) is 0 Å². The molecule has 0 amide bonds. The summed E-state index contributed by atoms with van der Waals surface area (Å²) in [4.78, 5) is 0. The summed E-state index contributed by atoms with van der Waals surface area (Å²) >= 11 is 0. The Morgan fingerprint density at radius 2 is 1.69 bits per heavy atom. The van der Waals surface area contributed by atoms with Crippen LogP contribution in [0.15, 0.2) is 30.3 Å². The molecular weight excluding hydrogens is 200 g/mol. The maximum absolute atomic E-state index is 10.7. The minimum absolute atomic E-state index is 0.629. The molecule has 2 nitrogen and oxygen atoms in total. The summed E-state index contributed by atoms with van der Waals surface area (Å²) < 4.78 is 0. The van der Waals surface area contributed by atoms with E-state index in [1.807, 2.05) is 30.3 Å². The van der Waals surface area contributed by atoms with E-state index >= 15 is 0 Å². The third kappa shape index (κ3) is 2.28. The molecule has 0 spiro atoms. The lowest BCUT2D eigenvalue weighted by Crippen LogP contribution is -2.40. The fourth-order valence-electron chi connectivity index (χ4n) is 2.55. The first-order valence-electron chi connectivity index (χ1n) is 6.19. The highest BCUT2D eigenvalue weighted by atomic mass is 16.3. The molecule has 1 aliphatic rings. The summed E-state index contributed by atoms with van der Waals surface area (Å²) in [7, 11) is 0. The molecule has 0 unspecified atom stereocenters. The number of rotatable bonds is 1. The zero-order valence-corrected chi connectivity index (χ0v) is 9.60. The zero-order valence-electron chi connectivity index (χ0n) is 9.60. The van der Waals surface area contributed by atoms with Crippen molar-refractivity contribution in [3.63, 3.8) is 0 Å². The summed E-state index contributed by atoms with van der Waals surface area (Å²) in [5.74, 6) is 0. The average molecular weight is 220 g/mol. The third-order valence-corrected chi connectivity index (χ3v) is 3.61. The Kier molecular flexibility index (Phi) is 3.62. The van der Waals surface area contributed by atoms with E-state index in [4.69, 9.17) is 0 Å². The Balaban J connectivity index is 2.25. The van der Waals surface area contributed by atoms with Gasteiger partial charge in [-0.05, 0) is 18.4 Å². The second-order valence-corrected chi connectivity index (χ2v) is 4.76. The lowest BCUT2D eigenvalue weighted by molar-refractivity contribution is -0.0947. The van der Waals surface area contributed by atoms with Gasteiger partial charge in [0.1, 0.15) is 5.60 Å². The molecule has 2 atom stereocenters. The first-order chi connectivity index (χ1) is 7.73. The van der Waals surface area contributed by atoms with Gasteiger partial charge in [-0.3, -0.25) is 0 Å². The minimum Gasteiger partial charge on any atom is -0.390 e. The maximum Gasteiger partial charge on any atom is 0.115 e. The lowest BCUT2D eigenvalue weighted by Gasteiger charge is -2.35. The van der Waals surface area contributed by atoms with Gasteiger partial charge in [0.15, 0.2) is 0 Å². The largest absolute Gasteiger partial charge is 0.390 e. The summed E-state index contributed by atoms with van der Waals surface area (Å²) in [6.45, 7) is 0. The van der Waals surface area contributed by atoms with Crippen molar-refractivity contribution in [3.8, 4) is 0 Å². The first-order valence-corrected chi connectivity index (χ1v) is 6.19. The van der Waals surface area contributed by atoms with Crippen LogP contribution in [0.25, 0.3) is 0 Å². The molecule has 1 aliphatic carbocycles. The van der Waals surface area contributed by atoms with E-state index in [0.717, 1.165) is 24.8 Å². The quantitative estimate of drug-likeness (QED) is 0.763. The number of hydrogen-bond acceptors (Lipinski definition) is 2. The van der Waals surface area contributed by atoms with Crippen molar-refractivity contribution in [2.75, 3.05) is 0 Å². The Morgan fingerprint density at radius 3 is 2.44 bits per heavy atom. The smallest absolute Gasteiger partial charge is 0.115 e. The number of benzene rings is 1. The van der Waals surface area contributed by atoms with Gasteiger partial charge in [-0.2, -0.15) is 0 Å². The molecule has 2 heteroatoms. The molecule has 16 heavy (non-hydrogen) atoms. The van der Waals surface area contributed by atoms with Crippen molar-refractivity contribution in [2.45, 2.75) is 50.2 Å². The normalized spacial score (nSPS) is 31.8. The molecule has 2 rings (SSSR count). The predicted octanol–water partition coefficient (Wildman–Crippen LogP) is 2.59. The number of aliphatic hydroxyl groups is 2. The van der Waals surface area contributed by atoms with Crippen LogP contribution in [0.2, 0.25) is 0 Å². The van der Waals surface area contributed by atoms with Gasteiger partial charge in [0, 0.05) is 0 Å². The van der Waals surface area contributed by atoms with Gasteiger partial charge < -0.3 is 10.2 Å². The summed E-state index contributed by atoms with van der Waals surface area (Å²) in [6.07, 6.45) is 5.06. The van der Waals surface area contributed by atoms with Crippen LogP contribution in [0.1, 0.15) is 44.1 Å².